The van der Waals surface area contributed by atoms with Crippen molar-refractivity contribution in [2.75, 3.05) is 25.9 Å². The molecule has 4 unspecified atom stereocenters. The second kappa shape index (κ2) is 6.84. The molecular formula is C17H23N3OS. The van der Waals surface area contributed by atoms with Gasteiger partial charge in [0.25, 0.3) is 5.91 Å². The van der Waals surface area contributed by atoms with Gasteiger partial charge in [0.15, 0.2) is 0 Å². The van der Waals surface area contributed by atoms with Gasteiger partial charge < -0.3 is 5.32 Å². The van der Waals surface area contributed by atoms with E-state index in [0.29, 0.717) is 17.5 Å². The van der Waals surface area contributed by atoms with E-state index in [1.807, 2.05) is 18.4 Å². The van der Waals surface area contributed by atoms with Crippen LogP contribution in [-0.2, 0) is 0 Å². The molecule has 0 saturated carbocycles. The molecule has 1 amide bonds. The lowest BCUT2D eigenvalue weighted by Gasteiger charge is -2.49. The highest BCUT2D eigenvalue weighted by Crippen LogP contribution is 2.36. The molecule has 3 aliphatic rings. The van der Waals surface area contributed by atoms with E-state index < -0.39 is 0 Å². The predicted octanol–water partition coefficient (Wildman–Crippen LogP) is 2.43. The van der Waals surface area contributed by atoms with Gasteiger partial charge in [0.2, 0.25) is 0 Å². The summed E-state index contributed by atoms with van der Waals surface area (Å²) in [4.78, 5) is 19.2. The van der Waals surface area contributed by atoms with Gasteiger partial charge in [-0.2, -0.15) is 0 Å². The van der Waals surface area contributed by atoms with Gasteiger partial charge in [0.1, 0.15) is 5.03 Å². The van der Waals surface area contributed by atoms with E-state index in [4.69, 9.17) is 0 Å². The largest absolute Gasteiger partial charge is 0.350 e. The highest BCUT2D eigenvalue weighted by Gasteiger charge is 2.38. The molecule has 1 N–H and O–H groups in total. The van der Waals surface area contributed by atoms with Crippen LogP contribution in [-0.4, -0.2) is 47.7 Å². The second-order valence-electron chi connectivity index (χ2n) is 6.10. The van der Waals surface area contributed by atoms with Crippen molar-refractivity contribution < 1.29 is 4.79 Å². The quantitative estimate of drug-likeness (QED) is 0.669. The van der Waals surface area contributed by atoms with Crippen LogP contribution in [0.3, 0.4) is 0 Å². The van der Waals surface area contributed by atoms with Crippen LogP contribution in [0.1, 0.15) is 23.2 Å². The number of hydrogen-bond donors (Lipinski definition) is 1. The minimum absolute atomic E-state index is 0.0135. The molecule has 0 aromatic carbocycles. The zero-order chi connectivity index (χ0) is 15.5. The number of nitrogens with one attached hydrogen (secondary N) is 1. The third-order valence-electron chi connectivity index (χ3n) is 4.94. The number of nitrogens with zero attached hydrogens (tertiary/aromatic N) is 2. The monoisotopic (exact) mass is 317 g/mol. The van der Waals surface area contributed by atoms with Gasteiger partial charge in [-0.15, -0.1) is 18.3 Å². The Morgan fingerprint density at radius 1 is 1.64 bits per heavy atom. The molecule has 3 aliphatic heterocycles. The highest BCUT2D eigenvalue weighted by atomic mass is 32.2. The van der Waals surface area contributed by atoms with Crippen LogP contribution >= 0.6 is 11.8 Å². The maximum absolute atomic E-state index is 12.4. The van der Waals surface area contributed by atoms with Crippen LogP contribution in [0.25, 0.3) is 0 Å². The van der Waals surface area contributed by atoms with Crippen LogP contribution in [0.4, 0.5) is 0 Å². The minimum Gasteiger partial charge on any atom is -0.350 e. The van der Waals surface area contributed by atoms with E-state index in [-0.39, 0.29) is 5.91 Å². The highest BCUT2D eigenvalue weighted by molar-refractivity contribution is 7.98. The Balaban J connectivity index is 1.59. The normalized spacial score (nSPS) is 30.0. The Labute approximate surface area is 136 Å². The standard InChI is InChI=1S/C17H23N3OS/c1-3-12-11-20-8-6-13(12)9-14(20)10-19-16(21)15-5-4-7-18-17(15)22-2/h3-5,7,12-14H,1,6,8-11H2,2H3,(H,19,21). The SMILES string of the molecule is C=CC1CN2CCC1CC2CNC(=O)c1cccnc1SC. The number of aromatic nitrogens is 1. The number of carbonyl (C=O) groups excluding carboxylic acids is 1. The lowest BCUT2D eigenvalue weighted by atomic mass is 9.75. The van der Waals surface area contributed by atoms with Gasteiger partial charge in [-0.25, -0.2) is 4.98 Å². The van der Waals surface area contributed by atoms with Gasteiger partial charge in [0.05, 0.1) is 5.56 Å². The van der Waals surface area contributed by atoms with Crippen LogP contribution in [0, 0.1) is 11.8 Å². The Hall–Kier alpha value is -1.33. The Kier molecular flexibility index (Phi) is 4.84. The molecule has 0 aliphatic carbocycles. The van der Waals surface area contributed by atoms with Gasteiger partial charge in [-0.1, -0.05) is 6.08 Å². The van der Waals surface area contributed by atoms with Gasteiger partial charge in [0, 0.05) is 25.3 Å². The van der Waals surface area contributed by atoms with Crippen molar-refractivity contribution in [1.29, 1.82) is 0 Å². The molecule has 2 bridgehead atoms. The molecule has 3 fully saturated rings. The van der Waals surface area contributed by atoms with E-state index in [1.165, 1.54) is 24.6 Å². The summed E-state index contributed by atoms with van der Waals surface area (Å²) >= 11 is 1.51. The maximum atomic E-state index is 12.4. The summed E-state index contributed by atoms with van der Waals surface area (Å²) in [5, 5.41) is 3.89. The summed E-state index contributed by atoms with van der Waals surface area (Å²) in [6.45, 7) is 6.93. The number of thioether (sulfide) groups is 1. The number of piperidine rings is 3. The van der Waals surface area contributed by atoms with Crippen molar-refractivity contribution in [2.45, 2.75) is 23.9 Å². The van der Waals surface area contributed by atoms with E-state index in [0.717, 1.165) is 30.6 Å². The Bertz CT molecular complexity index is 563. The molecule has 5 heteroatoms. The molecule has 1 aromatic rings. The van der Waals surface area contributed by atoms with Gasteiger partial charge in [-0.05, 0) is 49.6 Å². The fourth-order valence-electron chi connectivity index (χ4n) is 3.69. The van der Waals surface area contributed by atoms with E-state index in [1.54, 1.807) is 6.20 Å². The number of amides is 1. The van der Waals surface area contributed by atoms with Crippen molar-refractivity contribution in [3.8, 4) is 0 Å². The third-order valence-corrected chi connectivity index (χ3v) is 5.65. The van der Waals surface area contributed by atoms with Crippen molar-refractivity contribution >= 4 is 17.7 Å². The number of fused-ring (bicyclic) bond motifs is 3. The zero-order valence-corrected chi connectivity index (χ0v) is 13.8. The molecule has 1 aromatic heterocycles. The lowest BCUT2D eigenvalue weighted by molar-refractivity contribution is 0.0195. The van der Waals surface area contributed by atoms with E-state index in [2.05, 4.69) is 27.9 Å². The average molecular weight is 317 g/mol. The number of carbonyl (C=O) groups is 1. The first-order valence-electron chi connectivity index (χ1n) is 7.86. The summed E-state index contributed by atoms with van der Waals surface area (Å²) in [5.74, 6) is 1.35. The Morgan fingerprint density at radius 2 is 2.50 bits per heavy atom. The first-order chi connectivity index (χ1) is 10.7. The molecule has 4 atom stereocenters. The fraction of sp³-hybridized carbons (Fsp3) is 0.529. The fourth-order valence-corrected chi connectivity index (χ4v) is 4.24. The minimum atomic E-state index is -0.0135. The predicted molar refractivity (Wildman–Crippen MR) is 90.1 cm³/mol. The maximum Gasteiger partial charge on any atom is 0.254 e. The molecule has 22 heavy (non-hydrogen) atoms. The number of pyridine rings is 1. The molecule has 0 radical (unpaired) electrons. The van der Waals surface area contributed by atoms with Crippen LogP contribution < -0.4 is 5.32 Å². The van der Waals surface area contributed by atoms with Crippen molar-refractivity contribution in [3.05, 3.63) is 36.5 Å². The number of hydrogen-bond acceptors (Lipinski definition) is 4. The summed E-state index contributed by atoms with van der Waals surface area (Å²) < 4.78 is 0. The molecule has 3 saturated heterocycles. The van der Waals surface area contributed by atoms with Crippen LogP contribution in [0.5, 0.6) is 0 Å². The smallest absolute Gasteiger partial charge is 0.254 e. The molecule has 4 nitrogen and oxygen atoms in total. The summed E-state index contributed by atoms with van der Waals surface area (Å²) in [6.07, 6.45) is 8.20. The molecule has 4 heterocycles. The van der Waals surface area contributed by atoms with Gasteiger partial charge >= 0.3 is 0 Å². The second-order valence-corrected chi connectivity index (χ2v) is 6.90. The average Bonchev–Trinajstić information content (AvgIpc) is 2.59. The number of rotatable bonds is 5. The molecule has 0 spiro atoms. The summed E-state index contributed by atoms with van der Waals surface area (Å²) in [6, 6.07) is 4.12. The summed E-state index contributed by atoms with van der Waals surface area (Å²) in [5.41, 5.74) is 0.676. The van der Waals surface area contributed by atoms with Crippen LogP contribution in [0.15, 0.2) is 36.0 Å². The lowest BCUT2D eigenvalue weighted by Crippen LogP contribution is -2.56. The summed E-state index contributed by atoms with van der Waals surface area (Å²) in [7, 11) is 0. The Morgan fingerprint density at radius 3 is 3.18 bits per heavy atom. The van der Waals surface area contributed by atoms with Crippen LogP contribution in [0.2, 0.25) is 0 Å². The van der Waals surface area contributed by atoms with Gasteiger partial charge in [-0.3, -0.25) is 9.69 Å². The van der Waals surface area contributed by atoms with E-state index >= 15 is 0 Å². The topological polar surface area (TPSA) is 45.2 Å². The zero-order valence-electron chi connectivity index (χ0n) is 13.0. The molecule has 118 valence electrons. The first kappa shape index (κ1) is 15.6. The van der Waals surface area contributed by atoms with E-state index in [9.17, 15) is 4.79 Å². The van der Waals surface area contributed by atoms with Crippen molar-refractivity contribution in [1.82, 2.24) is 15.2 Å². The van der Waals surface area contributed by atoms with Crippen molar-refractivity contribution in [3.63, 3.8) is 0 Å². The third kappa shape index (κ3) is 3.06. The first-order valence-corrected chi connectivity index (χ1v) is 9.09. The molecular weight excluding hydrogens is 294 g/mol. The van der Waals surface area contributed by atoms with Crippen molar-refractivity contribution in [2.24, 2.45) is 11.8 Å². The molecule has 4 rings (SSSR count).